The number of amides is 1. The minimum Gasteiger partial charge on any atom is -0.489 e. The molecular weight excluding hydrogens is 496 g/mol. The summed E-state index contributed by atoms with van der Waals surface area (Å²) in [5, 5.41) is 3.99. The van der Waals surface area contributed by atoms with Crippen molar-refractivity contribution in [2.45, 2.75) is 13.5 Å². The molecule has 156 valence electrons. The Bertz CT molecular complexity index is 1180. The monoisotopic (exact) mass is 512 g/mol. The van der Waals surface area contributed by atoms with Gasteiger partial charge in [-0.25, -0.2) is 4.99 Å². The van der Waals surface area contributed by atoms with E-state index in [1.54, 1.807) is 0 Å². The maximum atomic E-state index is 12.3. The summed E-state index contributed by atoms with van der Waals surface area (Å²) in [6, 6.07) is 21.2. The highest BCUT2D eigenvalue weighted by Crippen LogP contribution is 2.31. The number of carbonyl (C=O) groups excluding carboxylic acids is 1. The predicted molar refractivity (Wildman–Crippen MR) is 132 cm³/mol. The SMILES string of the molecule is Cc1c(Cl)cccc1N=C1NC(=O)/C(=C\c2ccc(OCc3ccc(Br)cc3)cc2)S1. The van der Waals surface area contributed by atoms with Gasteiger partial charge in [0.25, 0.3) is 5.91 Å². The van der Waals surface area contributed by atoms with Crippen LogP contribution in [0.4, 0.5) is 5.69 Å². The van der Waals surface area contributed by atoms with Crippen LogP contribution in [0.2, 0.25) is 5.02 Å². The number of benzene rings is 3. The Morgan fingerprint density at radius 1 is 1.10 bits per heavy atom. The minimum absolute atomic E-state index is 0.168. The molecule has 0 saturated carbocycles. The molecule has 1 saturated heterocycles. The summed E-state index contributed by atoms with van der Waals surface area (Å²) in [4.78, 5) is 17.5. The number of aliphatic imine (C=N–C) groups is 1. The highest BCUT2D eigenvalue weighted by Gasteiger charge is 2.24. The van der Waals surface area contributed by atoms with Gasteiger partial charge in [0.1, 0.15) is 12.4 Å². The van der Waals surface area contributed by atoms with Gasteiger partial charge in [-0.3, -0.25) is 4.79 Å². The number of nitrogens with one attached hydrogen (secondary N) is 1. The Hall–Kier alpha value is -2.54. The van der Waals surface area contributed by atoms with E-state index in [1.165, 1.54) is 11.8 Å². The highest BCUT2D eigenvalue weighted by atomic mass is 79.9. The second-order valence-electron chi connectivity index (χ2n) is 6.85. The highest BCUT2D eigenvalue weighted by molar-refractivity contribution is 9.10. The number of thioether (sulfide) groups is 1. The minimum atomic E-state index is -0.168. The van der Waals surface area contributed by atoms with E-state index in [9.17, 15) is 4.79 Å². The topological polar surface area (TPSA) is 50.7 Å². The fraction of sp³-hybridized carbons (Fsp3) is 0.0833. The second kappa shape index (κ2) is 9.73. The molecular formula is C24H18BrClN2O2S. The number of halogens is 2. The predicted octanol–water partition coefficient (Wildman–Crippen LogP) is 6.88. The molecule has 0 spiro atoms. The van der Waals surface area contributed by atoms with Crippen molar-refractivity contribution in [2.24, 2.45) is 4.99 Å². The Labute approximate surface area is 198 Å². The van der Waals surface area contributed by atoms with Crippen molar-refractivity contribution in [1.82, 2.24) is 5.32 Å². The summed E-state index contributed by atoms with van der Waals surface area (Å²) < 4.78 is 6.87. The van der Waals surface area contributed by atoms with Crippen LogP contribution in [0.3, 0.4) is 0 Å². The average molecular weight is 514 g/mol. The molecule has 1 heterocycles. The van der Waals surface area contributed by atoms with Crippen LogP contribution in [0.15, 0.2) is 81.1 Å². The van der Waals surface area contributed by atoms with Crippen LogP contribution in [0, 0.1) is 6.92 Å². The van der Waals surface area contributed by atoms with Crippen molar-refractivity contribution in [3.8, 4) is 5.75 Å². The number of carbonyl (C=O) groups is 1. The van der Waals surface area contributed by atoms with Crippen molar-refractivity contribution >= 4 is 62.1 Å². The number of ether oxygens (including phenoxy) is 1. The quantitative estimate of drug-likeness (QED) is 0.378. The Balaban J connectivity index is 1.42. The lowest BCUT2D eigenvalue weighted by molar-refractivity contribution is -0.115. The number of rotatable bonds is 5. The summed E-state index contributed by atoms with van der Waals surface area (Å²) in [7, 11) is 0. The van der Waals surface area contributed by atoms with Gasteiger partial charge < -0.3 is 10.1 Å². The van der Waals surface area contributed by atoms with Crippen LogP contribution < -0.4 is 10.1 Å². The fourth-order valence-corrected chi connectivity index (χ4v) is 4.13. The molecule has 1 N–H and O–H groups in total. The molecule has 1 aliphatic heterocycles. The summed E-state index contributed by atoms with van der Waals surface area (Å²) in [6.45, 7) is 2.40. The first-order chi connectivity index (χ1) is 15.0. The summed E-state index contributed by atoms with van der Waals surface area (Å²) >= 11 is 10.9. The fourth-order valence-electron chi connectivity index (χ4n) is 2.87. The molecule has 3 aromatic rings. The van der Waals surface area contributed by atoms with E-state index >= 15 is 0 Å². The van der Waals surface area contributed by atoms with Crippen molar-refractivity contribution in [3.05, 3.63) is 97.8 Å². The summed E-state index contributed by atoms with van der Waals surface area (Å²) in [5.74, 6) is 0.603. The zero-order valence-corrected chi connectivity index (χ0v) is 19.7. The van der Waals surface area contributed by atoms with Gasteiger partial charge in [0.15, 0.2) is 5.17 Å². The third-order valence-electron chi connectivity index (χ3n) is 4.61. The summed E-state index contributed by atoms with van der Waals surface area (Å²) in [6.07, 6.45) is 1.84. The number of amidine groups is 1. The van der Waals surface area contributed by atoms with Crippen molar-refractivity contribution in [3.63, 3.8) is 0 Å². The lowest BCUT2D eigenvalue weighted by Gasteiger charge is -2.07. The first-order valence-corrected chi connectivity index (χ1v) is 11.5. The van der Waals surface area contributed by atoms with Gasteiger partial charge in [0.2, 0.25) is 0 Å². The molecule has 0 radical (unpaired) electrons. The Kier molecular flexibility index (Phi) is 6.80. The standard InChI is InChI=1S/C24H18BrClN2O2S/c1-15-20(26)3-2-4-21(15)27-24-28-23(29)22(31-24)13-16-7-11-19(12-8-16)30-14-17-5-9-18(25)10-6-17/h2-13H,14H2,1H3,(H,27,28,29)/b22-13+. The molecule has 0 unspecified atom stereocenters. The van der Waals surface area contributed by atoms with E-state index in [0.717, 1.165) is 32.6 Å². The molecule has 0 atom stereocenters. The van der Waals surface area contributed by atoms with Gasteiger partial charge >= 0.3 is 0 Å². The van der Waals surface area contributed by atoms with Gasteiger partial charge in [-0.1, -0.05) is 57.9 Å². The van der Waals surface area contributed by atoms with Crippen LogP contribution in [0.1, 0.15) is 16.7 Å². The summed E-state index contributed by atoms with van der Waals surface area (Å²) in [5.41, 5.74) is 3.62. The second-order valence-corrected chi connectivity index (χ2v) is 9.20. The largest absolute Gasteiger partial charge is 0.489 e. The molecule has 7 heteroatoms. The van der Waals surface area contributed by atoms with Crippen LogP contribution in [-0.4, -0.2) is 11.1 Å². The lowest BCUT2D eigenvalue weighted by atomic mass is 10.2. The maximum absolute atomic E-state index is 12.3. The smallest absolute Gasteiger partial charge is 0.264 e. The van der Waals surface area contributed by atoms with Crippen LogP contribution in [0.25, 0.3) is 6.08 Å². The van der Waals surface area contributed by atoms with E-state index in [4.69, 9.17) is 16.3 Å². The molecule has 1 amide bonds. The third-order valence-corrected chi connectivity index (χ3v) is 6.46. The third kappa shape index (κ3) is 5.58. The zero-order chi connectivity index (χ0) is 21.8. The van der Waals surface area contributed by atoms with E-state index in [1.807, 2.05) is 79.7 Å². The van der Waals surface area contributed by atoms with E-state index in [-0.39, 0.29) is 5.91 Å². The molecule has 3 aromatic carbocycles. The molecule has 1 aliphatic rings. The Morgan fingerprint density at radius 2 is 1.84 bits per heavy atom. The van der Waals surface area contributed by atoms with Crippen molar-refractivity contribution in [1.29, 1.82) is 0 Å². The average Bonchev–Trinajstić information content (AvgIpc) is 3.10. The first-order valence-electron chi connectivity index (χ1n) is 9.50. The molecule has 4 rings (SSSR count). The van der Waals surface area contributed by atoms with Gasteiger partial charge in [-0.05, 0) is 77.9 Å². The van der Waals surface area contributed by atoms with Crippen LogP contribution >= 0.6 is 39.3 Å². The number of nitrogens with zero attached hydrogens (tertiary/aromatic N) is 1. The molecule has 0 bridgehead atoms. The zero-order valence-electron chi connectivity index (χ0n) is 16.6. The molecule has 0 aromatic heterocycles. The van der Waals surface area contributed by atoms with Crippen LogP contribution in [-0.2, 0) is 11.4 Å². The number of hydrogen-bond acceptors (Lipinski definition) is 4. The molecule has 0 aliphatic carbocycles. The van der Waals surface area contributed by atoms with Crippen molar-refractivity contribution < 1.29 is 9.53 Å². The van der Waals surface area contributed by atoms with Gasteiger partial charge in [0.05, 0.1) is 10.6 Å². The van der Waals surface area contributed by atoms with Crippen molar-refractivity contribution in [2.75, 3.05) is 0 Å². The first kappa shape index (κ1) is 21.7. The maximum Gasteiger partial charge on any atom is 0.264 e. The normalized spacial score (nSPS) is 16.0. The molecule has 1 fully saturated rings. The van der Waals surface area contributed by atoms with E-state index < -0.39 is 0 Å². The van der Waals surface area contributed by atoms with Gasteiger partial charge in [-0.2, -0.15) is 0 Å². The molecule has 31 heavy (non-hydrogen) atoms. The number of hydrogen-bond donors (Lipinski definition) is 1. The van der Waals surface area contributed by atoms with Gasteiger partial charge in [-0.15, -0.1) is 0 Å². The Morgan fingerprint density at radius 3 is 2.58 bits per heavy atom. The van der Waals surface area contributed by atoms with Gasteiger partial charge in [0, 0.05) is 9.50 Å². The van der Waals surface area contributed by atoms with E-state index in [0.29, 0.717) is 21.7 Å². The molecule has 4 nitrogen and oxygen atoms in total. The van der Waals surface area contributed by atoms with E-state index in [2.05, 4.69) is 26.2 Å². The lowest BCUT2D eigenvalue weighted by Crippen LogP contribution is -2.19. The van der Waals surface area contributed by atoms with Crippen LogP contribution in [0.5, 0.6) is 5.75 Å².